The minimum atomic E-state index is -1.43. The Balaban J connectivity index is 1.31. The third-order valence-electron chi connectivity index (χ3n) is 11.3. The molecular weight excluding hydrogens is 814 g/mol. The number of rotatable bonds is 12. The molecule has 4 bridgehead atoms. The molecule has 4 aromatic carbocycles. The second-order valence-corrected chi connectivity index (χ2v) is 16.2. The smallest absolute Gasteiger partial charge is 0.251 e. The van der Waals surface area contributed by atoms with Gasteiger partial charge >= 0.3 is 0 Å². The fourth-order valence-electron chi connectivity index (χ4n) is 7.52. The number of nitrogens with one attached hydrogen (secondary N) is 4. The van der Waals surface area contributed by atoms with Gasteiger partial charge in [0, 0.05) is 48.3 Å². The van der Waals surface area contributed by atoms with E-state index in [1.54, 1.807) is 60.4 Å². The molecule has 0 aliphatic carbocycles. The van der Waals surface area contributed by atoms with Crippen LogP contribution in [0.5, 0.6) is 11.5 Å². The summed E-state index contributed by atoms with van der Waals surface area (Å²) in [4.78, 5) is 85.8. The highest BCUT2D eigenvalue weighted by molar-refractivity contribution is 6.30. The van der Waals surface area contributed by atoms with Crippen molar-refractivity contribution in [2.75, 3.05) is 26.7 Å². The molecule has 2 aliphatic rings. The Bertz CT molecular complexity index is 2320. The van der Waals surface area contributed by atoms with E-state index in [0.717, 1.165) is 17.5 Å². The number of carbonyl (C=O) groups excluding carboxylic acids is 6. The van der Waals surface area contributed by atoms with Crippen LogP contribution >= 0.6 is 11.6 Å². The largest absolute Gasteiger partial charge is 0.507 e. The van der Waals surface area contributed by atoms with Gasteiger partial charge in [-0.1, -0.05) is 48.0 Å². The third-order valence-corrected chi connectivity index (χ3v) is 11.5. The van der Waals surface area contributed by atoms with Crippen LogP contribution in [0.25, 0.3) is 22.3 Å². The molecule has 1 saturated heterocycles. The summed E-state index contributed by atoms with van der Waals surface area (Å²) in [6, 6.07) is 17.0. The van der Waals surface area contributed by atoms with Gasteiger partial charge < -0.3 is 47.0 Å². The Morgan fingerprint density at radius 3 is 2.11 bits per heavy atom. The molecule has 0 saturated carbocycles. The molecule has 0 unspecified atom stereocenters. The van der Waals surface area contributed by atoms with Crippen LogP contribution in [0.15, 0.2) is 84.9 Å². The normalized spacial score (nSPS) is 18.5. The van der Waals surface area contributed by atoms with Gasteiger partial charge in [0.1, 0.15) is 41.7 Å². The number of amides is 6. The maximum atomic E-state index is 14.6. The summed E-state index contributed by atoms with van der Waals surface area (Å²) in [5.74, 6) is -4.01. The van der Waals surface area contributed by atoms with Crippen LogP contribution < -0.4 is 27.0 Å². The number of unbranched alkanes of at least 4 members (excludes halogenated alkanes) is 1. The number of benzene rings is 4. The van der Waals surface area contributed by atoms with Gasteiger partial charge in [0.25, 0.3) is 5.91 Å². The number of nitrogens with two attached hydrogens (primary N) is 1. The van der Waals surface area contributed by atoms with Gasteiger partial charge in [0.05, 0.1) is 0 Å². The van der Waals surface area contributed by atoms with Crippen molar-refractivity contribution >= 4 is 47.0 Å². The van der Waals surface area contributed by atoms with Gasteiger partial charge in [-0.25, -0.2) is 0 Å². The average molecular weight is 866 g/mol. The van der Waals surface area contributed by atoms with Crippen molar-refractivity contribution in [3.8, 4) is 33.8 Å². The predicted molar refractivity (Wildman–Crippen MR) is 234 cm³/mol. The van der Waals surface area contributed by atoms with E-state index in [4.69, 9.17) is 17.3 Å². The zero-order chi connectivity index (χ0) is 44.7. The lowest BCUT2D eigenvalue weighted by Gasteiger charge is -2.34. The highest BCUT2D eigenvalue weighted by Gasteiger charge is 2.36. The van der Waals surface area contributed by atoms with Crippen molar-refractivity contribution in [3.63, 3.8) is 0 Å². The maximum Gasteiger partial charge on any atom is 0.251 e. The highest BCUT2D eigenvalue weighted by atomic mass is 35.5. The Morgan fingerprint density at radius 2 is 1.48 bits per heavy atom. The summed E-state index contributed by atoms with van der Waals surface area (Å²) in [5, 5.41) is 33.8. The summed E-state index contributed by atoms with van der Waals surface area (Å²) >= 11 is 6.05. The van der Waals surface area contributed by atoms with Crippen molar-refractivity contribution in [1.29, 1.82) is 0 Å². The van der Waals surface area contributed by atoms with Crippen molar-refractivity contribution < 1.29 is 39.0 Å². The molecule has 6 amide bonds. The molecular formula is C46H52ClN7O8. The minimum Gasteiger partial charge on any atom is -0.507 e. The van der Waals surface area contributed by atoms with E-state index in [9.17, 15) is 39.0 Å². The first-order valence-electron chi connectivity index (χ1n) is 20.6. The zero-order valence-corrected chi connectivity index (χ0v) is 35.6. The molecule has 2 aliphatic heterocycles. The van der Waals surface area contributed by atoms with Crippen LogP contribution in [0.4, 0.5) is 0 Å². The lowest BCUT2D eigenvalue weighted by molar-refractivity contribution is -0.142. The Labute approximate surface area is 365 Å². The molecule has 2 heterocycles. The number of hydrogen-bond donors (Lipinski definition) is 7. The van der Waals surface area contributed by atoms with Crippen LogP contribution in [0.1, 0.15) is 67.1 Å². The van der Waals surface area contributed by atoms with Gasteiger partial charge in [-0.15, -0.1) is 0 Å². The van der Waals surface area contributed by atoms with Gasteiger partial charge in [-0.2, -0.15) is 0 Å². The zero-order valence-electron chi connectivity index (χ0n) is 34.8. The van der Waals surface area contributed by atoms with Crippen molar-refractivity contribution in [3.05, 3.63) is 107 Å². The number of nitrogens with zero attached hydrogens (tertiary/aromatic N) is 2. The van der Waals surface area contributed by atoms with Gasteiger partial charge in [-0.3, -0.25) is 28.8 Å². The van der Waals surface area contributed by atoms with E-state index in [1.165, 1.54) is 43.1 Å². The Kier molecular flexibility index (Phi) is 14.5. The number of likely N-dealkylation sites (tertiary alicyclic amines) is 1. The number of likely N-dealkylation sites (N-methyl/N-ethyl adjacent to an activating group) is 1. The molecule has 0 aromatic heterocycles. The summed E-state index contributed by atoms with van der Waals surface area (Å²) < 4.78 is 0. The molecule has 15 nitrogen and oxygen atoms in total. The standard InChI is InChI=1S/C46H52ClN7O8/c1-26-41(57)52-37(43(59)50-27(2)45(61)54-21-6-22-54)24-28-8-18-38(55)34(23-28)35-25-32(15-19-39(35)56)40(44(60)49-26)53(3)46(62)36(7-4-5-20-48)51-42(58)31-11-9-29(10-12-31)30-13-16-33(47)17-14-30/h8-19,23,25-27,36-37,40,55-56H,4-7,20-22,24,48H2,1-3H3,(H,49,60)(H,50,59)(H,51,58)(H,52,57)/t26-,27-,36-,37-,40-/m0/s1. The van der Waals surface area contributed by atoms with Crippen LogP contribution in [-0.4, -0.2) is 106 Å². The van der Waals surface area contributed by atoms with E-state index < -0.39 is 59.7 Å². The van der Waals surface area contributed by atoms with Crippen LogP contribution in [0, 0.1) is 0 Å². The highest BCUT2D eigenvalue weighted by Crippen LogP contribution is 2.39. The number of phenolic OH excluding ortho intramolecular Hbond substituents is 2. The number of hydrogen-bond acceptors (Lipinski definition) is 9. The first-order valence-corrected chi connectivity index (χ1v) is 21.0. The molecule has 5 atom stereocenters. The molecule has 6 rings (SSSR count). The second kappa shape index (κ2) is 19.9. The molecule has 0 spiro atoms. The first-order chi connectivity index (χ1) is 29.6. The SMILES string of the molecule is C[C@@H]1NC(=O)[C@@H](N(C)C(=O)[C@H](CCCCN)NC(=O)c2ccc(-c3ccc(Cl)cc3)cc2)c2ccc(O)c(c2)-c2cc(ccc2O)C[C@@H](C(=O)N[C@@H](C)C(=O)N2CCC2)NC1=O. The fraction of sp³-hybridized carbons (Fsp3) is 0.348. The third kappa shape index (κ3) is 10.5. The second-order valence-electron chi connectivity index (χ2n) is 15.8. The first kappa shape index (κ1) is 45.1. The quantitative estimate of drug-likeness (QED) is 0.103. The number of aromatic hydroxyl groups is 2. The van der Waals surface area contributed by atoms with Crippen LogP contribution in [0.2, 0.25) is 5.02 Å². The topological polar surface area (TPSA) is 224 Å². The van der Waals surface area contributed by atoms with E-state index in [2.05, 4.69) is 21.3 Å². The lowest BCUT2D eigenvalue weighted by atomic mass is 9.93. The Hall–Kier alpha value is -6.45. The summed E-state index contributed by atoms with van der Waals surface area (Å²) in [5.41, 5.74) is 8.84. The fourth-order valence-corrected chi connectivity index (χ4v) is 7.65. The summed E-state index contributed by atoms with van der Waals surface area (Å²) in [6.07, 6.45) is 2.03. The average Bonchev–Trinajstić information content (AvgIpc) is 3.23. The van der Waals surface area contributed by atoms with Crippen molar-refractivity contribution in [2.45, 2.75) is 76.2 Å². The van der Waals surface area contributed by atoms with Crippen LogP contribution in [-0.2, 0) is 30.4 Å². The van der Waals surface area contributed by atoms with Gasteiger partial charge in [0.15, 0.2) is 0 Å². The van der Waals surface area contributed by atoms with Crippen molar-refractivity contribution in [1.82, 2.24) is 31.1 Å². The van der Waals surface area contributed by atoms with Gasteiger partial charge in [0.2, 0.25) is 29.5 Å². The minimum absolute atomic E-state index is 0.0692. The number of phenols is 2. The number of carbonyl (C=O) groups is 6. The van der Waals surface area contributed by atoms with Gasteiger partial charge in [-0.05, 0) is 117 Å². The Morgan fingerprint density at radius 1 is 0.855 bits per heavy atom. The molecule has 8 N–H and O–H groups in total. The maximum absolute atomic E-state index is 14.6. The monoisotopic (exact) mass is 865 g/mol. The number of halogens is 1. The molecule has 1 fully saturated rings. The van der Waals surface area contributed by atoms with Crippen molar-refractivity contribution in [2.24, 2.45) is 5.73 Å². The predicted octanol–water partition coefficient (Wildman–Crippen LogP) is 3.79. The molecule has 16 heteroatoms. The van der Waals surface area contributed by atoms with Crippen LogP contribution in [0.3, 0.4) is 0 Å². The molecule has 326 valence electrons. The van der Waals surface area contributed by atoms with E-state index in [1.807, 2.05) is 12.1 Å². The molecule has 4 aromatic rings. The van der Waals surface area contributed by atoms with E-state index >= 15 is 0 Å². The molecule has 62 heavy (non-hydrogen) atoms. The van der Waals surface area contributed by atoms with E-state index in [-0.39, 0.29) is 46.9 Å². The summed E-state index contributed by atoms with van der Waals surface area (Å²) in [7, 11) is 1.40. The number of fused-ring (bicyclic) bond motifs is 5. The molecule has 0 radical (unpaired) electrons. The van der Waals surface area contributed by atoms with E-state index in [0.29, 0.717) is 48.6 Å². The summed E-state index contributed by atoms with van der Waals surface area (Å²) in [6.45, 7) is 4.52. The lowest BCUT2D eigenvalue weighted by Crippen LogP contribution is -2.58.